The Kier molecular flexibility index (Phi) is 14.1. The number of anilines is 12. The van der Waals surface area contributed by atoms with Crippen LogP contribution in [-0.2, 0) is 0 Å². The molecule has 0 unspecified atom stereocenters. The maximum Gasteiger partial charge on any atom is 0.252 e. The van der Waals surface area contributed by atoms with Crippen LogP contribution in [0.4, 0.5) is 68.8 Å². The van der Waals surface area contributed by atoms with Crippen LogP contribution >= 0.6 is 11.6 Å². The fourth-order valence-corrected chi connectivity index (χ4v) is 18.7. The minimum Gasteiger partial charge on any atom is -0.295 e. The summed E-state index contributed by atoms with van der Waals surface area (Å²) in [6.07, 6.45) is 7.48. The van der Waals surface area contributed by atoms with Crippen LogP contribution in [-0.4, -0.2) is 26.6 Å². The van der Waals surface area contributed by atoms with Crippen LogP contribution in [0.2, 0.25) is 5.02 Å². The van der Waals surface area contributed by atoms with Crippen LogP contribution in [0, 0.1) is 0 Å². The Morgan fingerprint density at radius 3 is 0.926 bits per heavy atom. The molecule has 2 aliphatic heterocycles. The predicted octanol–water partition coefficient (Wildman–Crippen LogP) is 25.5. The van der Waals surface area contributed by atoms with E-state index in [0.717, 1.165) is 68.2 Å². The van der Waals surface area contributed by atoms with Crippen LogP contribution in [0.1, 0.15) is 14.9 Å². The molecule has 0 saturated carbocycles. The molecule has 0 spiro atoms. The van der Waals surface area contributed by atoms with Crippen molar-refractivity contribution in [1.82, 2.24) is 19.9 Å². The summed E-state index contributed by atoms with van der Waals surface area (Å²) in [5.74, 6) is 3.35. The fourth-order valence-electron chi connectivity index (χ4n) is 18.4. The highest BCUT2D eigenvalue weighted by molar-refractivity contribution is 7.01. The molecular formula is C98H64BClN8. The van der Waals surface area contributed by atoms with Gasteiger partial charge in [-0.05, 0) is 209 Å². The number of pyridine rings is 4. The third kappa shape index (κ3) is 9.00. The van der Waals surface area contributed by atoms with Crippen molar-refractivity contribution in [3.63, 3.8) is 0 Å². The summed E-state index contributed by atoms with van der Waals surface area (Å²) in [5, 5.41) is 30.5. The molecule has 6 heterocycles. The summed E-state index contributed by atoms with van der Waals surface area (Å²) in [6, 6.07) is 114. The molecule has 0 fully saturated rings. The van der Waals surface area contributed by atoms with Crippen molar-refractivity contribution < 1.29 is 0 Å². The quantitative estimate of drug-likeness (QED) is 0.110. The van der Waals surface area contributed by atoms with Gasteiger partial charge in [-0.1, -0.05) is 257 Å². The zero-order chi connectivity index (χ0) is 69.4. The number of fused-ring (bicyclic) bond motifs is 6. The number of halogens is 1. The lowest BCUT2D eigenvalue weighted by Crippen LogP contribution is -2.61. The second kappa shape index (κ2) is 24.2. The lowest BCUT2D eigenvalue weighted by molar-refractivity contribution is 1.17. The molecule has 0 bridgehead atoms. The van der Waals surface area contributed by atoms with Gasteiger partial charge in [-0.25, -0.2) is 19.9 Å². The highest BCUT2D eigenvalue weighted by Gasteiger charge is 2.46. The highest BCUT2D eigenvalue weighted by Crippen LogP contribution is 2.54. The Labute approximate surface area is 628 Å². The SMILES string of the molecule is C.C.Clc1c(N(c2ccccn2)c2ccc3ccc4cccc5ccc2c3c45)cccc1N(c1ccccn1)c1ccc2ccc3cccc4ccc1c2c34.c1ccc(N2c3cccc4c3B(c3cc5ccc6cccc7ccc(c32)c5c67)c2cc3ccc5cccc6ccc(c2N4c2ccccn2)c3c56)nc1. The van der Waals surface area contributed by atoms with Gasteiger partial charge in [-0.3, -0.25) is 19.6 Å². The third-order valence-electron chi connectivity index (χ3n) is 22.6. The minimum atomic E-state index is -0.0324. The molecular weight excluding hydrogens is 1340 g/mol. The van der Waals surface area contributed by atoms with Crippen LogP contribution < -0.4 is 36.0 Å². The number of hydrogen-bond donors (Lipinski definition) is 0. The average molecular weight is 1400 g/mol. The Balaban J connectivity index is 0.000000135. The lowest BCUT2D eigenvalue weighted by atomic mass is 9.33. The monoisotopic (exact) mass is 1400 g/mol. The minimum absolute atomic E-state index is 0. The van der Waals surface area contributed by atoms with E-state index in [1.165, 1.54) is 146 Å². The Hall–Kier alpha value is -13.7. The topological polar surface area (TPSA) is 64.5 Å². The van der Waals surface area contributed by atoms with Crippen molar-refractivity contribution in [2.75, 3.05) is 19.6 Å². The second-order valence-electron chi connectivity index (χ2n) is 28.1. The number of rotatable bonds is 8. The Bertz CT molecular complexity index is 6840. The van der Waals surface area contributed by atoms with E-state index in [4.69, 9.17) is 31.5 Å². The first-order chi connectivity index (χ1) is 52.5. The lowest BCUT2D eigenvalue weighted by Gasteiger charge is -2.44. The van der Waals surface area contributed by atoms with Crippen LogP contribution in [0.3, 0.4) is 0 Å². The first-order valence-corrected chi connectivity index (χ1v) is 36.4. The summed E-state index contributed by atoms with van der Waals surface area (Å²) in [5.41, 5.74) is 12.2. The summed E-state index contributed by atoms with van der Waals surface area (Å²) in [6.45, 7) is -0.0324. The van der Waals surface area contributed by atoms with Crippen molar-refractivity contribution in [2.45, 2.75) is 14.9 Å². The average Bonchev–Trinajstić information content (AvgIpc) is 0.676. The number of nitrogens with zero attached hydrogens (tertiary/aromatic N) is 8. The third-order valence-corrected chi connectivity index (χ3v) is 23.0. The summed E-state index contributed by atoms with van der Waals surface area (Å²) in [4.78, 5) is 29.1. The number of aromatic nitrogens is 4. The van der Waals surface area contributed by atoms with Crippen LogP contribution in [0.15, 0.2) is 340 Å². The van der Waals surface area contributed by atoms with Gasteiger partial charge in [0.2, 0.25) is 0 Å². The van der Waals surface area contributed by atoms with E-state index >= 15 is 0 Å². The molecule has 22 aromatic rings. The van der Waals surface area contributed by atoms with Crippen LogP contribution in [0.25, 0.3) is 129 Å². The smallest absolute Gasteiger partial charge is 0.252 e. The highest BCUT2D eigenvalue weighted by atomic mass is 35.5. The van der Waals surface area contributed by atoms with Crippen molar-refractivity contribution in [3.8, 4) is 0 Å². The Morgan fingerprint density at radius 1 is 0.259 bits per heavy atom. The van der Waals surface area contributed by atoms with Gasteiger partial charge in [0.05, 0.1) is 39.1 Å². The van der Waals surface area contributed by atoms with Crippen molar-refractivity contribution >= 4 is 233 Å². The molecule has 0 amide bonds. The van der Waals surface area contributed by atoms with Crippen LogP contribution in [0.5, 0.6) is 0 Å². The Morgan fingerprint density at radius 2 is 0.565 bits per heavy atom. The molecule has 0 saturated heterocycles. The molecule has 0 N–H and O–H groups in total. The maximum atomic E-state index is 7.76. The molecule has 0 radical (unpaired) electrons. The van der Waals surface area contributed by atoms with Gasteiger partial charge < -0.3 is 0 Å². The van der Waals surface area contributed by atoms with E-state index in [1.54, 1.807) is 0 Å². The standard InChI is InChI=1S/C48H27BN4.C48H29ClN4.2CH4/c1-3-24-50-40(14-1)52-38-12-7-13-39-46(38)49(36-26-32-18-16-28-8-5-10-30-20-22-34(47(36)52)44(32)42(28)30)37-27-33-19-17-29-9-6-11-31-21-23-35(45(33)43(29)31)48(37)53(39)41-15-2-4-25-51-41;49-48-40(52(42-14-1-3-28-50-42)38-26-22-34-18-16-30-8-5-10-32-20-24-36(38)46(34)44(30)32)12-7-13-41(48)53(43-15-2-4-29-51-43)39-27-23-35-19-17-31-9-6-11-33-21-25-37(39)47(35)45(31)33;;/h1-27H;1-29H;2*1H4. The molecule has 108 heavy (non-hydrogen) atoms. The molecule has 8 nitrogen and oxygen atoms in total. The fraction of sp³-hybridized carbons (Fsp3) is 0.0204. The molecule has 0 aliphatic carbocycles. The summed E-state index contributed by atoms with van der Waals surface area (Å²) >= 11 is 7.76. The van der Waals surface area contributed by atoms with E-state index < -0.39 is 0 Å². The largest absolute Gasteiger partial charge is 0.295 e. The first kappa shape index (κ1) is 62.8. The molecule has 18 aromatic carbocycles. The molecule has 506 valence electrons. The maximum absolute atomic E-state index is 7.76. The molecule has 2 aliphatic rings. The zero-order valence-corrected chi connectivity index (χ0v) is 57.6. The molecule has 4 aromatic heterocycles. The second-order valence-corrected chi connectivity index (χ2v) is 28.4. The normalized spacial score (nSPS) is 12.5. The zero-order valence-electron chi connectivity index (χ0n) is 56.9. The molecule has 0 atom stereocenters. The van der Waals surface area contributed by atoms with Gasteiger partial charge in [0, 0.05) is 57.7 Å². The molecule has 24 rings (SSSR count). The summed E-state index contributed by atoms with van der Waals surface area (Å²) < 4.78 is 0. The van der Waals surface area contributed by atoms with E-state index in [0.29, 0.717) is 5.02 Å². The van der Waals surface area contributed by atoms with Crippen molar-refractivity contribution in [2.24, 2.45) is 0 Å². The van der Waals surface area contributed by atoms with Gasteiger partial charge >= 0.3 is 0 Å². The number of hydrogen-bond acceptors (Lipinski definition) is 8. The number of benzene rings is 18. The van der Waals surface area contributed by atoms with E-state index in [1.807, 2.05) is 73.3 Å². The van der Waals surface area contributed by atoms with E-state index in [-0.39, 0.29) is 21.6 Å². The van der Waals surface area contributed by atoms with Gasteiger partial charge in [-0.15, -0.1) is 0 Å². The first-order valence-electron chi connectivity index (χ1n) is 36.0. The van der Waals surface area contributed by atoms with E-state index in [2.05, 4.69) is 287 Å². The molecule has 10 heteroatoms. The van der Waals surface area contributed by atoms with Gasteiger partial charge in [0.15, 0.2) is 0 Å². The summed E-state index contributed by atoms with van der Waals surface area (Å²) in [7, 11) is 0. The predicted molar refractivity (Wildman–Crippen MR) is 461 cm³/mol. The van der Waals surface area contributed by atoms with Crippen molar-refractivity contribution in [1.29, 1.82) is 0 Å². The van der Waals surface area contributed by atoms with Gasteiger partial charge in [-0.2, -0.15) is 0 Å². The van der Waals surface area contributed by atoms with Gasteiger partial charge in [0.1, 0.15) is 23.3 Å². The van der Waals surface area contributed by atoms with Gasteiger partial charge in [0.25, 0.3) is 6.71 Å². The van der Waals surface area contributed by atoms with E-state index in [9.17, 15) is 0 Å². The van der Waals surface area contributed by atoms with Crippen molar-refractivity contribution in [3.05, 3.63) is 345 Å².